The van der Waals surface area contributed by atoms with Crippen LogP contribution in [0.4, 0.5) is 5.69 Å². The molecule has 0 amide bonds. The van der Waals surface area contributed by atoms with Gasteiger partial charge in [0.1, 0.15) is 5.82 Å². The van der Waals surface area contributed by atoms with Gasteiger partial charge >= 0.3 is 0 Å². The van der Waals surface area contributed by atoms with Gasteiger partial charge in [-0.2, -0.15) is 0 Å². The number of methoxy groups -OCH3 is 1. The molecule has 5 nitrogen and oxygen atoms in total. The molecule has 0 aliphatic carbocycles. The molecule has 0 unspecified atom stereocenters. The Morgan fingerprint density at radius 3 is 2.48 bits per heavy atom. The summed E-state index contributed by atoms with van der Waals surface area (Å²) in [6, 6.07) is 9.33. The summed E-state index contributed by atoms with van der Waals surface area (Å²) in [4.78, 5) is 13.9. The van der Waals surface area contributed by atoms with E-state index in [2.05, 4.69) is 57.9 Å². The van der Waals surface area contributed by atoms with E-state index in [4.69, 9.17) is 4.74 Å². The Bertz CT molecular complexity index is 656. The first-order valence-electron chi connectivity index (χ1n) is 9.00. The number of hydrogen-bond donors (Lipinski definition) is 0. The Hall–Kier alpha value is -1.98. The summed E-state index contributed by atoms with van der Waals surface area (Å²) in [5, 5.41) is 0. The Morgan fingerprint density at radius 1 is 1.12 bits per heavy atom. The maximum Gasteiger partial charge on any atom is 0.130 e. The van der Waals surface area contributed by atoms with Crippen LogP contribution in [-0.2, 0) is 17.7 Å². The maximum atomic E-state index is 5.07. The molecule has 0 bridgehead atoms. The number of aryl methyl sites for hydroxylation is 1. The molecule has 1 fully saturated rings. The minimum atomic E-state index is 0.503. The predicted molar refractivity (Wildman–Crippen MR) is 101 cm³/mol. The third-order valence-electron chi connectivity index (χ3n) is 4.84. The highest BCUT2D eigenvalue weighted by Gasteiger charge is 2.24. The third kappa shape index (κ3) is 4.77. The first-order valence-corrected chi connectivity index (χ1v) is 9.00. The molecule has 1 aliphatic rings. The lowest BCUT2D eigenvalue weighted by Crippen LogP contribution is -2.51. The number of rotatable bonds is 6. The van der Waals surface area contributed by atoms with Crippen LogP contribution < -0.4 is 4.90 Å². The molecule has 1 aromatic carbocycles. The molecular weight excluding hydrogens is 312 g/mol. The lowest BCUT2D eigenvalue weighted by molar-refractivity contribution is 0.180. The predicted octanol–water partition coefficient (Wildman–Crippen LogP) is 2.68. The molecule has 0 radical (unpaired) electrons. The van der Waals surface area contributed by atoms with Crippen molar-refractivity contribution in [1.29, 1.82) is 0 Å². The fraction of sp³-hybridized carbons (Fsp3) is 0.500. The van der Waals surface area contributed by atoms with E-state index in [1.54, 1.807) is 7.11 Å². The average Bonchev–Trinajstić information content (AvgIpc) is 2.63. The zero-order valence-electron chi connectivity index (χ0n) is 15.5. The van der Waals surface area contributed by atoms with Crippen molar-refractivity contribution in [1.82, 2.24) is 14.9 Å². The smallest absolute Gasteiger partial charge is 0.130 e. The van der Waals surface area contributed by atoms with E-state index in [0.29, 0.717) is 12.6 Å². The van der Waals surface area contributed by atoms with E-state index in [1.165, 1.54) is 16.8 Å². The first kappa shape index (κ1) is 17.8. The Kier molecular flexibility index (Phi) is 6.00. The molecule has 1 aliphatic heterocycles. The SMILES string of the molecule is COCCc1ncc(CN2CCN(c3ccc(C)cc3)C[C@@H]2C)cn1. The van der Waals surface area contributed by atoms with Crippen molar-refractivity contribution in [2.45, 2.75) is 32.9 Å². The van der Waals surface area contributed by atoms with Crippen LogP contribution in [0.2, 0.25) is 0 Å². The van der Waals surface area contributed by atoms with Gasteiger partial charge in [0, 0.05) is 69.4 Å². The van der Waals surface area contributed by atoms with Crippen molar-refractivity contribution in [2.24, 2.45) is 0 Å². The summed E-state index contributed by atoms with van der Waals surface area (Å²) in [6.45, 7) is 9.17. The maximum absolute atomic E-state index is 5.07. The average molecular weight is 340 g/mol. The van der Waals surface area contributed by atoms with E-state index >= 15 is 0 Å². The summed E-state index contributed by atoms with van der Waals surface area (Å²) in [5.41, 5.74) is 3.81. The van der Waals surface area contributed by atoms with Gasteiger partial charge in [0.2, 0.25) is 0 Å². The Labute approximate surface area is 150 Å². The Morgan fingerprint density at radius 2 is 1.84 bits per heavy atom. The molecule has 1 saturated heterocycles. The fourth-order valence-corrected chi connectivity index (χ4v) is 3.24. The standard InChI is InChI=1S/C20H28N4O/c1-16-4-6-19(7-5-16)24-10-9-23(17(2)14-24)15-18-12-21-20(22-13-18)8-11-25-3/h4-7,12-13,17H,8-11,14-15H2,1-3H3/t17-/m0/s1. The molecular formula is C20H28N4O. The molecule has 0 saturated carbocycles. The van der Waals surface area contributed by atoms with Crippen LogP contribution in [0.25, 0.3) is 0 Å². The molecule has 2 heterocycles. The van der Waals surface area contributed by atoms with Gasteiger partial charge in [-0.3, -0.25) is 4.90 Å². The van der Waals surface area contributed by atoms with Crippen LogP contribution in [0.15, 0.2) is 36.7 Å². The van der Waals surface area contributed by atoms with Crippen LogP contribution in [0.1, 0.15) is 23.9 Å². The van der Waals surface area contributed by atoms with Gasteiger partial charge < -0.3 is 9.64 Å². The van der Waals surface area contributed by atoms with Crippen molar-refractivity contribution in [3.05, 3.63) is 53.6 Å². The zero-order chi connectivity index (χ0) is 17.6. The third-order valence-corrected chi connectivity index (χ3v) is 4.84. The number of nitrogens with zero attached hydrogens (tertiary/aromatic N) is 4. The summed E-state index contributed by atoms with van der Waals surface area (Å²) in [5.74, 6) is 0.850. The number of aromatic nitrogens is 2. The first-order chi connectivity index (χ1) is 12.2. The minimum absolute atomic E-state index is 0.503. The zero-order valence-corrected chi connectivity index (χ0v) is 15.5. The van der Waals surface area contributed by atoms with E-state index in [9.17, 15) is 0 Å². The van der Waals surface area contributed by atoms with Crippen LogP contribution in [-0.4, -0.2) is 54.3 Å². The van der Waals surface area contributed by atoms with Crippen LogP contribution in [0.5, 0.6) is 0 Å². The topological polar surface area (TPSA) is 41.5 Å². The molecule has 5 heteroatoms. The quantitative estimate of drug-likeness (QED) is 0.809. The van der Waals surface area contributed by atoms with Gasteiger partial charge in [-0.15, -0.1) is 0 Å². The molecule has 3 rings (SSSR count). The summed E-state index contributed by atoms with van der Waals surface area (Å²) < 4.78 is 5.07. The number of anilines is 1. The minimum Gasteiger partial charge on any atom is -0.384 e. The van der Waals surface area contributed by atoms with Gasteiger partial charge in [-0.1, -0.05) is 17.7 Å². The van der Waals surface area contributed by atoms with Crippen molar-refractivity contribution in [3.63, 3.8) is 0 Å². The molecule has 2 aromatic rings. The van der Waals surface area contributed by atoms with E-state index in [-0.39, 0.29) is 0 Å². The monoisotopic (exact) mass is 340 g/mol. The summed E-state index contributed by atoms with van der Waals surface area (Å²) >= 11 is 0. The van der Waals surface area contributed by atoms with Crippen LogP contribution in [0, 0.1) is 6.92 Å². The second-order valence-electron chi connectivity index (χ2n) is 6.85. The van der Waals surface area contributed by atoms with Crippen LogP contribution in [0.3, 0.4) is 0 Å². The number of piperazine rings is 1. The highest BCUT2D eigenvalue weighted by Crippen LogP contribution is 2.20. The van der Waals surface area contributed by atoms with Crippen molar-refractivity contribution in [3.8, 4) is 0 Å². The summed E-state index contributed by atoms with van der Waals surface area (Å²) in [7, 11) is 1.70. The number of hydrogen-bond acceptors (Lipinski definition) is 5. The molecule has 1 aromatic heterocycles. The highest BCUT2D eigenvalue weighted by molar-refractivity contribution is 5.48. The Balaban J connectivity index is 1.55. The van der Waals surface area contributed by atoms with Gasteiger partial charge in [0.25, 0.3) is 0 Å². The normalized spacial score (nSPS) is 18.5. The highest BCUT2D eigenvalue weighted by atomic mass is 16.5. The molecule has 0 spiro atoms. The van der Waals surface area contributed by atoms with E-state index in [1.807, 2.05) is 12.4 Å². The van der Waals surface area contributed by atoms with Crippen molar-refractivity contribution < 1.29 is 4.74 Å². The lowest BCUT2D eigenvalue weighted by Gasteiger charge is -2.41. The van der Waals surface area contributed by atoms with Crippen molar-refractivity contribution in [2.75, 3.05) is 38.3 Å². The fourth-order valence-electron chi connectivity index (χ4n) is 3.24. The largest absolute Gasteiger partial charge is 0.384 e. The molecule has 134 valence electrons. The van der Waals surface area contributed by atoms with Gasteiger partial charge in [-0.05, 0) is 26.0 Å². The van der Waals surface area contributed by atoms with E-state index in [0.717, 1.165) is 38.4 Å². The second-order valence-corrected chi connectivity index (χ2v) is 6.85. The molecule has 1 atom stereocenters. The summed E-state index contributed by atoms with van der Waals surface area (Å²) in [6.07, 6.45) is 4.68. The van der Waals surface area contributed by atoms with Crippen LogP contribution >= 0.6 is 0 Å². The van der Waals surface area contributed by atoms with Crippen molar-refractivity contribution >= 4 is 5.69 Å². The van der Waals surface area contributed by atoms with E-state index < -0.39 is 0 Å². The van der Waals surface area contributed by atoms with Gasteiger partial charge in [-0.25, -0.2) is 9.97 Å². The number of benzene rings is 1. The second kappa shape index (κ2) is 8.41. The molecule has 0 N–H and O–H groups in total. The molecule has 25 heavy (non-hydrogen) atoms. The lowest BCUT2D eigenvalue weighted by atomic mass is 10.1. The van der Waals surface area contributed by atoms with Gasteiger partial charge in [0.05, 0.1) is 6.61 Å². The number of ether oxygens (including phenoxy) is 1. The van der Waals surface area contributed by atoms with Gasteiger partial charge in [0.15, 0.2) is 0 Å².